The van der Waals surface area contributed by atoms with Crippen LogP contribution in [0.1, 0.15) is 36.3 Å². The van der Waals surface area contributed by atoms with Crippen LogP contribution >= 0.6 is 0 Å². The molecule has 0 bridgehead atoms. The van der Waals surface area contributed by atoms with Gasteiger partial charge in [0, 0.05) is 18.7 Å². The van der Waals surface area contributed by atoms with Gasteiger partial charge in [-0.25, -0.2) is 13.1 Å². The molecular weight excluding hydrogens is 282 g/mol. The molecule has 2 atom stereocenters. The number of hydrogen-bond donors (Lipinski definition) is 2. The second kappa shape index (κ2) is 5.85. The SMILES string of the molecule is COC1CCCC1NS(=O)(=O)c1c(C)oc(C)c1CO. The summed E-state index contributed by atoms with van der Waals surface area (Å²) in [4.78, 5) is 0.0549. The van der Waals surface area contributed by atoms with Crippen molar-refractivity contribution in [3.8, 4) is 0 Å². The molecule has 1 aromatic rings. The van der Waals surface area contributed by atoms with E-state index in [1.807, 2.05) is 0 Å². The summed E-state index contributed by atoms with van der Waals surface area (Å²) >= 11 is 0. The number of furan rings is 1. The lowest BCUT2D eigenvalue weighted by Crippen LogP contribution is -2.41. The summed E-state index contributed by atoms with van der Waals surface area (Å²) in [6.07, 6.45) is 2.43. The van der Waals surface area contributed by atoms with Crippen molar-refractivity contribution in [2.75, 3.05) is 7.11 Å². The average Bonchev–Trinajstić information content (AvgIpc) is 2.92. The molecule has 1 aliphatic rings. The Kier molecular flexibility index (Phi) is 4.53. The van der Waals surface area contributed by atoms with Crippen molar-refractivity contribution in [3.63, 3.8) is 0 Å². The number of nitrogens with one attached hydrogen (secondary N) is 1. The molecular formula is C13H21NO5S. The first-order valence-corrected chi connectivity index (χ1v) is 8.14. The van der Waals surface area contributed by atoms with E-state index >= 15 is 0 Å². The number of hydrogen-bond acceptors (Lipinski definition) is 5. The number of aliphatic hydroxyl groups is 1. The molecule has 1 aliphatic carbocycles. The zero-order chi connectivity index (χ0) is 14.9. The molecule has 0 spiro atoms. The van der Waals surface area contributed by atoms with Crippen molar-refractivity contribution in [3.05, 3.63) is 17.1 Å². The molecule has 7 heteroatoms. The minimum atomic E-state index is -3.72. The van der Waals surface area contributed by atoms with Crippen molar-refractivity contribution in [2.45, 2.75) is 56.8 Å². The van der Waals surface area contributed by atoms with Gasteiger partial charge < -0.3 is 14.3 Å². The van der Waals surface area contributed by atoms with E-state index in [4.69, 9.17) is 9.15 Å². The van der Waals surface area contributed by atoms with E-state index in [9.17, 15) is 13.5 Å². The third kappa shape index (κ3) is 2.76. The first kappa shape index (κ1) is 15.5. The Labute approximate surface area is 119 Å². The number of rotatable bonds is 5. The quantitative estimate of drug-likeness (QED) is 0.854. The van der Waals surface area contributed by atoms with E-state index in [0.29, 0.717) is 17.1 Å². The fourth-order valence-electron chi connectivity index (χ4n) is 2.85. The molecule has 2 rings (SSSR count). The molecule has 114 valence electrons. The van der Waals surface area contributed by atoms with Gasteiger partial charge >= 0.3 is 0 Å². The van der Waals surface area contributed by atoms with Crippen molar-refractivity contribution >= 4 is 10.0 Å². The standard InChI is InChI=1S/C13H21NO5S/c1-8-10(7-15)13(9(2)19-8)20(16,17)14-11-5-4-6-12(11)18-3/h11-12,14-15H,4-7H2,1-3H3. The molecule has 0 amide bonds. The summed E-state index contributed by atoms with van der Waals surface area (Å²) in [6, 6.07) is -0.230. The van der Waals surface area contributed by atoms with Gasteiger partial charge in [-0.1, -0.05) is 0 Å². The Morgan fingerprint density at radius 1 is 1.35 bits per heavy atom. The molecule has 1 aromatic heterocycles. The maximum atomic E-state index is 12.5. The van der Waals surface area contributed by atoms with Gasteiger partial charge in [-0.15, -0.1) is 0 Å². The monoisotopic (exact) mass is 303 g/mol. The number of aryl methyl sites for hydroxylation is 2. The fourth-order valence-corrected chi connectivity index (χ4v) is 4.58. The second-order valence-corrected chi connectivity index (χ2v) is 6.76. The predicted octanol–water partition coefficient (Wildman–Crippen LogP) is 1.23. The fraction of sp³-hybridized carbons (Fsp3) is 0.692. The van der Waals surface area contributed by atoms with E-state index in [-0.39, 0.29) is 23.6 Å². The van der Waals surface area contributed by atoms with Crippen LogP contribution in [0.5, 0.6) is 0 Å². The van der Waals surface area contributed by atoms with E-state index in [1.54, 1.807) is 21.0 Å². The summed E-state index contributed by atoms with van der Waals surface area (Å²) in [5, 5.41) is 9.36. The van der Waals surface area contributed by atoms with Crippen molar-refractivity contribution in [1.29, 1.82) is 0 Å². The molecule has 0 radical (unpaired) electrons. The van der Waals surface area contributed by atoms with Crippen LogP contribution in [0.25, 0.3) is 0 Å². The van der Waals surface area contributed by atoms with E-state index in [1.165, 1.54) is 0 Å². The Hall–Kier alpha value is -0.890. The topological polar surface area (TPSA) is 88.8 Å². The van der Waals surface area contributed by atoms with Crippen molar-refractivity contribution in [2.24, 2.45) is 0 Å². The van der Waals surface area contributed by atoms with Crippen LogP contribution in [0, 0.1) is 13.8 Å². The Bertz CT molecular complexity index is 578. The van der Waals surface area contributed by atoms with Gasteiger partial charge in [0.2, 0.25) is 10.0 Å². The van der Waals surface area contributed by atoms with Gasteiger partial charge in [0.1, 0.15) is 16.4 Å². The van der Waals surface area contributed by atoms with Gasteiger partial charge in [0.05, 0.1) is 12.7 Å². The number of methoxy groups -OCH3 is 1. The summed E-state index contributed by atoms with van der Waals surface area (Å²) in [5.74, 6) is 0.728. The molecule has 0 aromatic carbocycles. The molecule has 6 nitrogen and oxygen atoms in total. The zero-order valence-electron chi connectivity index (χ0n) is 12.0. The third-order valence-electron chi connectivity index (χ3n) is 3.81. The van der Waals surface area contributed by atoms with E-state index in [0.717, 1.165) is 19.3 Å². The minimum absolute atomic E-state index is 0.0549. The third-order valence-corrected chi connectivity index (χ3v) is 5.50. The number of ether oxygens (including phenoxy) is 1. The highest BCUT2D eigenvalue weighted by Crippen LogP contribution is 2.29. The maximum absolute atomic E-state index is 12.5. The predicted molar refractivity (Wildman–Crippen MR) is 72.9 cm³/mol. The highest BCUT2D eigenvalue weighted by Gasteiger charge is 2.34. The molecule has 1 saturated carbocycles. The smallest absolute Gasteiger partial charge is 0.244 e. The lowest BCUT2D eigenvalue weighted by Gasteiger charge is -2.19. The van der Waals surface area contributed by atoms with Gasteiger partial charge in [0.15, 0.2) is 0 Å². The number of sulfonamides is 1. The van der Waals surface area contributed by atoms with Gasteiger partial charge in [-0.2, -0.15) is 0 Å². The van der Waals surface area contributed by atoms with E-state index in [2.05, 4.69) is 4.72 Å². The minimum Gasteiger partial charge on any atom is -0.465 e. The van der Waals surface area contributed by atoms with Crippen LogP contribution in [0.3, 0.4) is 0 Å². The summed E-state index contributed by atoms with van der Waals surface area (Å²) in [7, 11) is -2.14. The van der Waals surface area contributed by atoms with Crippen LogP contribution in [-0.2, 0) is 21.4 Å². The molecule has 2 N–H and O–H groups in total. The van der Waals surface area contributed by atoms with Gasteiger partial charge in [-0.05, 0) is 33.1 Å². The number of aliphatic hydroxyl groups excluding tert-OH is 1. The molecule has 1 heterocycles. The van der Waals surface area contributed by atoms with Crippen LogP contribution < -0.4 is 4.72 Å². The van der Waals surface area contributed by atoms with Crippen LogP contribution in [0.2, 0.25) is 0 Å². The highest BCUT2D eigenvalue weighted by atomic mass is 32.2. The first-order valence-electron chi connectivity index (χ1n) is 6.65. The van der Waals surface area contributed by atoms with E-state index < -0.39 is 10.0 Å². The van der Waals surface area contributed by atoms with Crippen molar-refractivity contribution < 1.29 is 22.7 Å². The normalized spacial score (nSPS) is 23.4. The Morgan fingerprint density at radius 3 is 2.65 bits per heavy atom. The van der Waals surface area contributed by atoms with Gasteiger partial charge in [-0.3, -0.25) is 0 Å². The summed E-state index contributed by atoms with van der Waals surface area (Å²) in [6.45, 7) is 2.87. The van der Waals surface area contributed by atoms with Crippen LogP contribution in [0.15, 0.2) is 9.31 Å². The molecule has 2 unspecified atom stereocenters. The Morgan fingerprint density at radius 2 is 2.05 bits per heavy atom. The van der Waals surface area contributed by atoms with Crippen LogP contribution in [0.4, 0.5) is 0 Å². The molecule has 0 aliphatic heterocycles. The first-order chi connectivity index (χ1) is 9.40. The largest absolute Gasteiger partial charge is 0.465 e. The lowest BCUT2D eigenvalue weighted by molar-refractivity contribution is 0.0916. The zero-order valence-corrected chi connectivity index (χ0v) is 12.8. The average molecular weight is 303 g/mol. The lowest BCUT2D eigenvalue weighted by atomic mass is 10.2. The Balaban J connectivity index is 2.31. The molecule has 0 saturated heterocycles. The molecule has 20 heavy (non-hydrogen) atoms. The summed E-state index contributed by atoms with van der Waals surface area (Å²) < 4.78 is 38.4. The molecule has 1 fully saturated rings. The van der Waals surface area contributed by atoms with Gasteiger partial charge in [0.25, 0.3) is 0 Å². The second-order valence-electron chi connectivity index (χ2n) is 5.11. The van der Waals surface area contributed by atoms with Crippen molar-refractivity contribution in [1.82, 2.24) is 4.72 Å². The van der Waals surface area contributed by atoms with Crippen LogP contribution in [-0.4, -0.2) is 32.8 Å². The summed E-state index contributed by atoms with van der Waals surface area (Å²) in [5.41, 5.74) is 0.321. The maximum Gasteiger partial charge on any atom is 0.244 e. The highest BCUT2D eigenvalue weighted by molar-refractivity contribution is 7.89.